The second-order valence-corrected chi connectivity index (χ2v) is 6.10. The third-order valence-corrected chi connectivity index (χ3v) is 4.22. The van der Waals surface area contributed by atoms with Crippen LogP contribution in [0.3, 0.4) is 0 Å². The zero-order valence-electron chi connectivity index (χ0n) is 15.8. The van der Waals surface area contributed by atoms with Crippen molar-refractivity contribution in [2.24, 2.45) is 0 Å². The van der Waals surface area contributed by atoms with Gasteiger partial charge in [0.2, 0.25) is 0 Å². The third kappa shape index (κ3) is 4.95. The summed E-state index contributed by atoms with van der Waals surface area (Å²) in [5, 5.41) is 14.0. The highest BCUT2D eigenvalue weighted by Gasteiger charge is 2.23. The van der Waals surface area contributed by atoms with E-state index in [4.69, 9.17) is 9.47 Å². The number of likely N-dealkylation sites (N-methyl/N-ethyl adjacent to an activating group) is 1. The number of ether oxygens (including phenoxy) is 2. The molecule has 0 fully saturated rings. The van der Waals surface area contributed by atoms with Crippen LogP contribution in [0.2, 0.25) is 0 Å². The maximum atomic E-state index is 12.6. The number of methoxy groups -OCH3 is 2. The van der Waals surface area contributed by atoms with E-state index in [2.05, 4.69) is 5.32 Å². The maximum Gasteiger partial charge on any atom is 0.282 e. The lowest BCUT2D eigenvalue weighted by molar-refractivity contribution is -0.385. The standard InChI is InChI=1S/C19H23N3O5/c1-21(2)18(13-5-7-14(26-3)8-6-13)12-20-19(23)16-11-15(27-4)9-10-17(16)22(24)25/h5-11,18H,12H2,1-4H3,(H,20,23)/t18-/m0/s1. The van der Waals surface area contributed by atoms with Gasteiger partial charge in [0.15, 0.2) is 0 Å². The van der Waals surface area contributed by atoms with Gasteiger partial charge in [0.1, 0.15) is 17.1 Å². The van der Waals surface area contributed by atoms with Crippen molar-refractivity contribution in [1.29, 1.82) is 0 Å². The number of nitrogens with zero attached hydrogens (tertiary/aromatic N) is 2. The van der Waals surface area contributed by atoms with Gasteiger partial charge in [0.25, 0.3) is 11.6 Å². The molecule has 0 aliphatic carbocycles. The Hall–Kier alpha value is -3.13. The molecule has 0 aliphatic rings. The summed E-state index contributed by atoms with van der Waals surface area (Å²) < 4.78 is 10.2. The molecule has 1 N–H and O–H groups in total. The molecule has 144 valence electrons. The Morgan fingerprint density at radius 3 is 2.22 bits per heavy atom. The average molecular weight is 373 g/mol. The molecule has 1 atom stereocenters. The van der Waals surface area contributed by atoms with Crippen LogP contribution >= 0.6 is 0 Å². The molecule has 0 heterocycles. The number of hydrogen-bond acceptors (Lipinski definition) is 6. The molecule has 0 saturated carbocycles. The van der Waals surface area contributed by atoms with Crippen LogP contribution in [0.5, 0.6) is 11.5 Å². The molecule has 27 heavy (non-hydrogen) atoms. The van der Waals surface area contributed by atoms with Gasteiger partial charge in [0.05, 0.1) is 25.2 Å². The molecule has 0 aliphatic heterocycles. The van der Waals surface area contributed by atoms with Crippen molar-refractivity contribution in [2.75, 3.05) is 34.9 Å². The molecule has 0 saturated heterocycles. The molecular weight excluding hydrogens is 350 g/mol. The lowest BCUT2D eigenvalue weighted by Crippen LogP contribution is -2.34. The zero-order chi connectivity index (χ0) is 20.0. The second kappa shape index (κ2) is 9.00. The number of rotatable bonds is 8. The van der Waals surface area contributed by atoms with E-state index in [1.54, 1.807) is 7.11 Å². The highest BCUT2D eigenvalue weighted by molar-refractivity contribution is 5.98. The summed E-state index contributed by atoms with van der Waals surface area (Å²) in [6.45, 7) is 0.284. The van der Waals surface area contributed by atoms with Gasteiger partial charge in [-0.05, 0) is 43.9 Å². The smallest absolute Gasteiger partial charge is 0.282 e. The first-order valence-electron chi connectivity index (χ1n) is 8.28. The van der Waals surface area contributed by atoms with Gasteiger partial charge in [0, 0.05) is 12.6 Å². The van der Waals surface area contributed by atoms with E-state index >= 15 is 0 Å². The summed E-state index contributed by atoms with van der Waals surface area (Å²) in [5.74, 6) is 0.596. The molecule has 2 rings (SSSR count). The zero-order valence-corrected chi connectivity index (χ0v) is 15.8. The number of nitro benzene ring substituents is 1. The summed E-state index contributed by atoms with van der Waals surface area (Å²) in [7, 11) is 6.83. The van der Waals surface area contributed by atoms with Crippen molar-refractivity contribution in [3.8, 4) is 11.5 Å². The van der Waals surface area contributed by atoms with Gasteiger partial charge in [-0.15, -0.1) is 0 Å². The molecule has 2 aromatic carbocycles. The van der Waals surface area contributed by atoms with Crippen LogP contribution in [-0.4, -0.2) is 50.6 Å². The van der Waals surface area contributed by atoms with Crippen molar-refractivity contribution in [2.45, 2.75) is 6.04 Å². The summed E-state index contributed by atoms with van der Waals surface area (Å²) in [4.78, 5) is 25.2. The number of nitro groups is 1. The first kappa shape index (κ1) is 20.2. The van der Waals surface area contributed by atoms with Gasteiger partial charge in [-0.25, -0.2) is 0 Å². The lowest BCUT2D eigenvalue weighted by Gasteiger charge is -2.25. The van der Waals surface area contributed by atoms with Crippen LogP contribution in [0, 0.1) is 10.1 Å². The molecule has 0 spiro atoms. The summed E-state index contributed by atoms with van der Waals surface area (Å²) in [5.41, 5.74) is 0.687. The minimum Gasteiger partial charge on any atom is -0.497 e. The van der Waals surface area contributed by atoms with Crippen LogP contribution in [0.15, 0.2) is 42.5 Å². The summed E-state index contributed by atoms with van der Waals surface area (Å²) >= 11 is 0. The molecular formula is C19H23N3O5. The third-order valence-electron chi connectivity index (χ3n) is 4.22. The van der Waals surface area contributed by atoms with Crippen LogP contribution in [0.1, 0.15) is 22.0 Å². The molecule has 1 amide bonds. The van der Waals surface area contributed by atoms with E-state index in [1.165, 1.54) is 25.3 Å². The van der Waals surface area contributed by atoms with Crippen molar-refractivity contribution < 1.29 is 19.2 Å². The van der Waals surface area contributed by atoms with Gasteiger partial charge < -0.3 is 19.7 Å². The van der Waals surface area contributed by atoms with Crippen molar-refractivity contribution in [3.63, 3.8) is 0 Å². The fourth-order valence-electron chi connectivity index (χ4n) is 2.69. The normalized spacial score (nSPS) is 11.7. The fraction of sp³-hybridized carbons (Fsp3) is 0.316. The van der Waals surface area contributed by atoms with Crippen LogP contribution in [0.25, 0.3) is 0 Å². The number of nitrogens with one attached hydrogen (secondary N) is 1. The molecule has 2 aromatic rings. The van der Waals surface area contributed by atoms with Crippen molar-refractivity contribution >= 4 is 11.6 Å². The molecule has 8 heteroatoms. The molecule has 0 unspecified atom stereocenters. The van der Waals surface area contributed by atoms with E-state index in [0.717, 1.165) is 11.3 Å². The minimum absolute atomic E-state index is 0.0356. The van der Waals surface area contributed by atoms with Gasteiger partial charge in [-0.3, -0.25) is 14.9 Å². The summed E-state index contributed by atoms with van der Waals surface area (Å²) in [6, 6.07) is 11.5. The van der Waals surface area contributed by atoms with Crippen LogP contribution in [-0.2, 0) is 0 Å². The highest BCUT2D eigenvalue weighted by atomic mass is 16.6. The highest BCUT2D eigenvalue weighted by Crippen LogP contribution is 2.25. The Kier molecular flexibility index (Phi) is 6.73. The van der Waals surface area contributed by atoms with E-state index in [0.29, 0.717) is 5.75 Å². The Balaban J connectivity index is 2.19. The number of amides is 1. The Morgan fingerprint density at radius 2 is 1.70 bits per heavy atom. The molecule has 0 aromatic heterocycles. The van der Waals surface area contributed by atoms with E-state index in [1.807, 2.05) is 43.3 Å². The molecule has 0 bridgehead atoms. The first-order chi connectivity index (χ1) is 12.9. The Morgan fingerprint density at radius 1 is 1.11 bits per heavy atom. The average Bonchev–Trinajstić information content (AvgIpc) is 2.67. The lowest BCUT2D eigenvalue weighted by atomic mass is 10.1. The predicted octanol–water partition coefficient (Wildman–Crippen LogP) is 2.64. The largest absolute Gasteiger partial charge is 0.497 e. The number of benzene rings is 2. The minimum atomic E-state index is -0.582. The topological polar surface area (TPSA) is 93.9 Å². The van der Waals surface area contributed by atoms with Gasteiger partial charge in [-0.2, -0.15) is 0 Å². The molecule has 8 nitrogen and oxygen atoms in total. The van der Waals surface area contributed by atoms with E-state index < -0.39 is 10.8 Å². The monoisotopic (exact) mass is 373 g/mol. The van der Waals surface area contributed by atoms with E-state index in [9.17, 15) is 14.9 Å². The summed E-state index contributed by atoms with van der Waals surface area (Å²) in [6.07, 6.45) is 0. The van der Waals surface area contributed by atoms with E-state index in [-0.39, 0.29) is 23.8 Å². The SMILES string of the molecule is COc1ccc([C@H](CNC(=O)c2cc(OC)ccc2[N+](=O)[O-])N(C)C)cc1. The first-order valence-corrected chi connectivity index (χ1v) is 8.28. The maximum absolute atomic E-state index is 12.6. The van der Waals surface area contributed by atoms with Crippen LogP contribution < -0.4 is 14.8 Å². The number of carbonyl (C=O) groups is 1. The molecule has 0 radical (unpaired) electrons. The van der Waals surface area contributed by atoms with Crippen LogP contribution in [0.4, 0.5) is 5.69 Å². The second-order valence-electron chi connectivity index (χ2n) is 6.10. The predicted molar refractivity (Wildman–Crippen MR) is 101 cm³/mol. The Labute approximate surface area is 157 Å². The van der Waals surface area contributed by atoms with Crippen molar-refractivity contribution in [3.05, 3.63) is 63.7 Å². The number of carbonyl (C=O) groups excluding carboxylic acids is 1. The van der Waals surface area contributed by atoms with Gasteiger partial charge >= 0.3 is 0 Å². The Bertz CT molecular complexity index is 805. The van der Waals surface area contributed by atoms with Crippen molar-refractivity contribution in [1.82, 2.24) is 10.2 Å². The number of hydrogen-bond donors (Lipinski definition) is 1. The fourth-order valence-corrected chi connectivity index (χ4v) is 2.69. The van der Waals surface area contributed by atoms with Gasteiger partial charge in [-0.1, -0.05) is 12.1 Å². The quantitative estimate of drug-likeness (QED) is 0.565.